The van der Waals surface area contributed by atoms with Gasteiger partial charge in [0.1, 0.15) is 12.4 Å². The van der Waals surface area contributed by atoms with Crippen LogP contribution in [0.1, 0.15) is 18.2 Å². The minimum Gasteiger partial charge on any atom is -0.487 e. The smallest absolute Gasteiger partial charge is 0.234 e. The van der Waals surface area contributed by atoms with E-state index in [1.807, 2.05) is 42.5 Å². The van der Waals surface area contributed by atoms with Gasteiger partial charge in [0.15, 0.2) is 0 Å². The second-order valence-corrected chi connectivity index (χ2v) is 4.76. The van der Waals surface area contributed by atoms with Crippen molar-refractivity contribution in [2.75, 3.05) is 0 Å². The van der Waals surface area contributed by atoms with Crippen LogP contribution in [0.2, 0.25) is 0 Å². The van der Waals surface area contributed by atoms with E-state index < -0.39 is 0 Å². The molecular formula is C16H19N3O2. The molecule has 1 heterocycles. The van der Waals surface area contributed by atoms with Crippen LogP contribution in [0.25, 0.3) is 0 Å². The largest absolute Gasteiger partial charge is 0.487 e. The van der Waals surface area contributed by atoms with Gasteiger partial charge < -0.3 is 15.8 Å². The highest BCUT2D eigenvalue weighted by Crippen LogP contribution is 2.13. The number of primary amides is 1. The van der Waals surface area contributed by atoms with E-state index in [0.29, 0.717) is 13.2 Å². The maximum Gasteiger partial charge on any atom is 0.234 e. The summed E-state index contributed by atoms with van der Waals surface area (Å²) in [6, 6.07) is 13.1. The fourth-order valence-electron chi connectivity index (χ4n) is 1.72. The molecule has 0 saturated heterocycles. The summed E-state index contributed by atoms with van der Waals surface area (Å²) < 4.78 is 5.65. The second kappa shape index (κ2) is 7.40. The van der Waals surface area contributed by atoms with E-state index in [4.69, 9.17) is 10.5 Å². The van der Waals surface area contributed by atoms with Gasteiger partial charge in [-0.1, -0.05) is 18.2 Å². The highest BCUT2D eigenvalue weighted by Gasteiger charge is 2.06. The van der Waals surface area contributed by atoms with E-state index in [1.54, 1.807) is 13.1 Å². The van der Waals surface area contributed by atoms with Crippen LogP contribution >= 0.6 is 0 Å². The van der Waals surface area contributed by atoms with Gasteiger partial charge in [-0.3, -0.25) is 9.78 Å². The predicted octanol–water partition coefficient (Wildman–Crippen LogP) is 1.62. The molecule has 0 aliphatic heterocycles. The third-order valence-corrected chi connectivity index (χ3v) is 3.08. The Morgan fingerprint density at radius 1 is 1.29 bits per heavy atom. The maximum absolute atomic E-state index is 10.9. The first-order valence-corrected chi connectivity index (χ1v) is 6.79. The number of benzene rings is 1. The Morgan fingerprint density at radius 3 is 2.67 bits per heavy atom. The van der Waals surface area contributed by atoms with Crippen molar-refractivity contribution in [2.24, 2.45) is 5.73 Å². The van der Waals surface area contributed by atoms with Gasteiger partial charge >= 0.3 is 0 Å². The summed E-state index contributed by atoms with van der Waals surface area (Å²) in [5.74, 6) is 0.428. The molecule has 1 amide bonds. The molecule has 2 aromatic rings. The zero-order chi connectivity index (χ0) is 15.1. The number of carbonyl (C=O) groups is 1. The van der Waals surface area contributed by atoms with Gasteiger partial charge in [0.2, 0.25) is 5.91 Å². The minimum absolute atomic E-state index is 0.343. The Morgan fingerprint density at radius 2 is 2.05 bits per heavy atom. The van der Waals surface area contributed by atoms with Crippen LogP contribution in [0.3, 0.4) is 0 Å². The number of aromatic nitrogens is 1. The summed E-state index contributed by atoms with van der Waals surface area (Å²) in [5.41, 5.74) is 7.14. The molecule has 5 nitrogen and oxygen atoms in total. The molecule has 0 unspecified atom stereocenters. The summed E-state index contributed by atoms with van der Waals surface area (Å²) in [6.07, 6.45) is 1.74. The average molecular weight is 285 g/mol. The van der Waals surface area contributed by atoms with Gasteiger partial charge in [0, 0.05) is 12.7 Å². The fourth-order valence-corrected chi connectivity index (χ4v) is 1.72. The van der Waals surface area contributed by atoms with Crippen LogP contribution in [0.15, 0.2) is 48.7 Å². The number of amides is 1. The standard InChI is InChI=1S/C16H19N3O2/c1-12(16(17)20)19-10-13-5-7-15(8-6-13)21-11-14-4-2-3-9-18-14/h2-9,12,19H,10-11H2,1H3,(H2,17,20)/t12-/m0/s1. The SMILES string of the molecule is C[C@H](NCc1ccc(OCc2ccccn2)cc1)C(N)=O. The van der Waals surface area contributed by atoms with Gasteiger partial charge in [0.25, 0.3) is 0 Å². The number of hydrogen-bond donors (Lipinski definition) is 2. The fraction of sp³-hybridized carbons (Fsp3) is 0.250. The number of carbonyl (C=O) groups excluding carboxylic acids is 1. The van der Waals surface area contributed by atoms with Crippen LogP contribution < -0.4 is 15.8 Å². The molecule has 21 heavy (non-hydrogen) atoms. The van der Waals surface area contributed by atoms with Crippen LogP contribution in [0.5, 0.6) is 5.75 Å². The molecule has 0 bridgehead atoms. The van der Waals surface area contributed by atoms with E-state index in [-0.39, 0.29) is 11.9 Å². The van der Waals surface area contributed by atoms with Crippen LogP contribution in [0, 0.1) is 0 Å². The van der Waals surface area contributed by atoms with E-state index in [1.165, 1.54) is 0 Å². The lowest BCUT2D eigenvalue weighted by Gasteiger charge is -2.10. The number of nitrogens with one attached hydrogen (secondary N) is 1. The van der Waals surface area contributed by atoms with Crippen LogP contribution in [0.4, 0.5) is 0 Å². The van der Waals surface area contributed by atoms with Crippen molar-refractivity contribution in [1.82, 2.24) is 10.3 Å². The predicted molar refractivity (Wildman–Crippen MR) is 80.5 cm³/mol. The van der Waals surface area contributed by atoms with Crippen molar-refractivity contribution in [1.29, 1.82) is 0 Å². The third-order valence-electron chi connectivity index (χ3n) is 3.08. The van der Waals surface area contributed by atoms with Gasteiger partial charge in [-0.2, -0.15) is 0 Å². The van der Waals surface area contributed by atoms with E-state index in [0.717, 1.165) is 17.0 Å². The number of hydrogen-bond acceptors (Lipinski definition) is 4. The van der Waals surface area contributed by atoms with Crippen molar-refractivity contribution in [2.45, 2.75) is 26.1 Å². The first kappa shape index (κ1) is 15.0. The van der Waals surface area contributed by atoms with Gasteiger partial charge in [-0.05, 0) is 36.8 Å². The highest BCUT2D eigenvalue weighted by atomic mass is 16.5. The third kappa shape index (κ3) is 4.89. The van der Waals surface area contributed by atoms with Crippen molar-refractivity contribution in [3.8, 4) is 5.75 Å². The van der Waals surface area contributed by atoms with Crippen molar-refractivity contribution >= 4 is 5.91 Å². The molecule has 3 N–H and O–H groups in total. The number of pyridine rings is 1. The molecule has 5 heteroatoms. The van der Waals surface area contributed by atoms with E-state index >= 15 is 0 Å². The Kier molecular flexibility index (Phi) is 5.29. The topological polar surface area (TPSA) is 77.2 Å². The number of ether oxygens (including phenoxy) is 1. The summed E-state index contributed by atoms with van der Waals surface area (Å²) in [5, 5.41) is 3.05. The molecule has 0 radical (unpaired) electrons. The summed E-state index contributed by atoms with van der Waals surface area (Å²) in [7, 11) is 0. The summed E-state index contributed by atoms with van der Waals surface area (Å²) >= 11 is 0. The molecule has 1 aromatic heterocycles. The van der Waals surface area contributed by atoms with Crippen LogP contribution in [-0.2, 0) is 17.9 Å². The lowest BCUT2D eigenvalue weighted by Crippen LogP contribution is -2.38. The average Bonchev–Trinajstić information content (AvgIpc) is 2.52. The molecule has 0 spiro atoms. The molecule has 110 valence electrons. The molecule has 0 aliphatic rings. The normalized spacial score (nSPS) is 11.9. The highest BCUT2D eigenvalue weighted by molar-refractivity contribution is 5.79. The maximum atomic E-state index is 10.9. The molecule has 0 aliphatic carbocycles. The Bertz CT molecular complexity index is 570. The molecule has 0 fully saturated rings. The minimum atomic E-state index is -0.356. The van der Waals surface area contributed by atoms with E-state index in [2.05, 4.69) is 10.3 Å². The number of nitrogens with two attached hydrogens (primary N) is 1. The molecule has 0 saturated carbocycles. The zero-order valence-corrected chi connectivity index (χ0v) is 12.0. The number of nitrogens with zero attached hydrogens (tertiary/aromatic N) is 1. The van der Waals surface area contributed by atoms with Crippen molar-refractivity contribution in [3.63, 3.8) is 0 Å². The first-order valence-electron chi connectivity index (χ1n) is 6.79. The van der Waals surface area contributed by atoms with Crippen LogP contribution in [-0.4, -0.2) is 16.9 Å². The lowest BCUT2D eigenvalue weighted by molar-refractivity contribution is -0.119. The monoisotopic (exact) mass is 285 g/mol. The molecule has 2 rings (SSSR count). The summed E-state index contributed by atoms with van der Waals surface area (Å²) in [6.45, 7) is 2.77. The summed E-state index contributed by atoms with van der Waals surface area (Å²) in [4.78, 5) is 15.1. The quantitative estimate of drug-likeness (QED) is 0.810. The van der Waals surface area contributed by atoms with Gasteiger partial charge in [-0.15, -0.1) is 0 Å². The first-order chi connectivity index (χ1) is 10.1. The Hall–Kier alpha value is -2.40. The Labute approximate surface area is 124 Å². The lowest BCUT2D eigenvalue weighted by atomic mass is 10.2. The van der Waals surface area contributed by atoms with Crippen molar-refractivity contribution < 1.29 is 9.53 Å². The second-order valence-electron chi connectivity index (χ2n) is 4.76. The van der Waals surface area contributed by atoms with Gasteiger partial charge in [-0.25, -0.2) is 0 Å². The van der Waals surface area contributed by atoms with E-state index in [9.17, 15) is 4.79 Å². The molecule has 1 aromatic carbocycles. The molecular weight excluding hydrogens is 266 g/mol. The van der Waals surface area contributed by atoms with Crippen molar-refractivity contribution in [3.05, 3.63) is 59.9 Å². The molecule has 1 atom stereocenters. The Balaban J connectivity index is 1.83. The zero-order valence-electron chi connectivity index (χ0n) is 12.0. The number of rotatable bonds is 7. The van der Waals surface area contributed by atoms with Gasteiger partial charge in [0.05, 0.1) is 11.7 Å².